The predicted octanol–water partition coefficient (Wildman–Crippen LogP) is 2.24. The minimum absolute atomic E-state index is 0.0866. The number of methoxy groups -OCH3 is 1. The van der Waals surface area contributed by atoms with Crippen molar-refractivity contribution in [2.75, 3.05) is 12.4 Å². The van der Waals surface area contributed by atoms with Gasteiger partial charge in [-0.15, -0.1) is 0 Å². The molecule has 0 amide bonds. The van der Waals surface area contributed by atoms with Crippen molar-refractivity contribution in [2.24, 2.45) is 0 Å². The number of aryl methyl sites for hydroxylation is 1. The van der Waals surface area contributed by atoms with Crippen LogP contribution < -0.4 is 10.1 Å². The minimum Gasteiger partial charge on any atom is -0.496 e. The summed E-state index contributed by atoms with van der Waals surface area (Å²) in [5.41, 5.74) is 1.73. The van der Waals surface area contributed by atoms with Gasteiger partial charge < -0.3 is 15.2 Å². The molecule has 0 bridgehead atoms. The second-order valence-electron chi connectivity index (χ2n) is 3.90. The standard InChI is InChI=1S/C13H13N3O3/c1-8-5-9(3-4-11(8)19-2)16-12-7-14-10(6-15-12)13(17)18/h3-7H,1-2H3,(H,15,16)(H,17,18). The summed E-state index contributed by atoms with van der Waals surface area (Å²) in [4.78, 5) is 18.4. The van der Waals surface area contributed by atoms with Crippen molar-refractivity contribution < 1.29 is 14.6 Å². The maximum absolute atomic E-state index is 10.6. The van der Waals surface area contributed by atoms with Crippen LogP contribution in [0, 0.1) is 6.92 Å². The van der Waals surface area contributed by atoms with Crippen LogP contribution in [0.25, 0.3) is 0 Å². The number of aromatic nitrogens is 2. The van der Waals surface area contributed by atoms with Crippen molar-refractivity contribution in [3.8, 4) is 5.75 Å². The van der Waals surface area contributed by atoms with E-state index >= 15 is 0 Å². The van der Waals surface area contributed by atoms with Crippen molar-refractivity contribution >= 4 is 17.5 Å². The van der Waals surface area contributed by atoms with Gasteiger partial charge in [-0.1, -0.05) is 0 Å². The highest BCUT2D eigenvalue weighted by Gasteiger charge is 2.05. The summed E-state index contributed by atoms with van der Waals surface area (Å²) in [5.74, 6) is 0.187. The van der Waals surface area contributed by atoms with E-state index in [1.165, 1.54) is 12.4 Å². The molecule has 0 saturated carbocycles. The molecule has 1 heterocycles. The number of ether oxygens (including phenoxy) is 1. The summed E-state index contributed by atoms with van der Waals surface area (Å²) in [5, 5.41) is 11.8. The Morgan fingerprint density at radius 3 is 2.63 bits per heavy atom. The highest BCUT2D eigenvalue weighted by Crippen LogP contribution is 2.23. The molecule has 1 aromatic carbocycles. The van der Waals surface area contributed by atoms with E-state index in [9.17, 15) is 4.79 Å². The summed E-state index contributed by atoms with van der Waals surface area (Å²) >= 11 is 0. The van der Waals surface area contributed by atoms with Gasteiger partial charge in [-0.25, -0.2) is 14.8 Å². The van der Waals surface area contributed by atoms with Crippen LogP contribution in [0.1, 0.15) is 16.1 Å². The lowest BCUT2D eigenvalue weighted by Crippen LogP contribution is -2.02. The summed E-state index contributed by atoms with van der Waals surface area (Å²) in [7, 11) is 1.62. The topological polar surface area (TPSA) is 84.3 Å². The number of benzene rings is 1. The van der Waals surface area contributed by atoms with E-state index in [1.54, 1.807) is 7.11 Å². The van der Waals surface area contributed by atoms with E-state index < -0.39 is 5.97 Å². The summed E-state index contributed by atoms with van der Waals surface area (Å²) < 4.78 is 5.17. The van der Waals surface area contributed by atoms with E-state index in [0.29, 0.717) is 5.82 Å². The Hall–Kier alpha value is -2.63. The number of aromatic carboxylic acids is 1. The number of hydrogen-bond acceptors (Lipinski definition) is 5. The molecule has 0 unspecified atom stereocenters. The lowest BCUT2D eigenvalue weighted by atomic mass is 10.2. The molecule has 0 fully saturated rings. The van der Waals surface area contributed by atoms with Crippen molar-refractivity contribution in [2.45, 2.75) is 6.92 Å². The quantitative estimate of drug-likeness (QED) is 0.875. The van der Waals surface area contributed by atoms with Crippen LogP contribution in [0.2, 0.25) is 0 Å². The molecule has 0 spiro atoms. The zero-order valence-corrected chi connectivity index (χ0v) is 10.5. The van der Waals surface area contributed by atoms with Gasteiger partial charge in [-0.05, 0) is 30.7 Å². The van der Waals surface area contributed by atoms with Crippen molar-refractivity contribution in [1.82, 2.24) is 9.97 Å². The zero-order chi connectivity index (χ0) is 13.8. The number of nitrogens with one attached hydrogen (secondary N) is 1. The van der Waals surface area contributed by atoms with Crippen LogP contribution in [0.5, 0.6) is 5.75 Å². The molecule has 6 heteroatoms. The maximum atomic E-state index is 10.6. The second kappa shape index (κ2) is 5.34. The Bertz CT molecular complexity index is 597. The SMILES string of the molecule is COc1ccc(Nc2cnc(C(=O)O)cn2)cc1C. The Labute approximate surface area is 110 Å². The van der Waals surface area contributed by atoms with Crippen LogP contribution in [-0.2, 0) is 0 Å². The molecule has 2 aromatic rings. The molecular formula is C13H13N3O3. The van der Waals surface area contributed by atoms with E-state index in [-0.39, 0.29) is 5.69 Å². The number of hydrogen-bond donors (Lipinski definition) is 2. The van der Waals surface area contributed by atoms with Crippen molar-refractivity contribution in [3.63, 3.8) is 0 Å². The largest absolute Gasteiger partial charge is 0.496 e. The third-order valence-corrected chi connectivity index (χ3v) is 2.54. The van der Waals surface area contributed by atoms with Crippen LogP contribution >= 0.6 is 0 Å². The summed E-state index contributed by atoms with van der Waals surface area (Å²) in [6, 6.07) is 5.60. The monoisotopic (exact) mass is 259 g/mol. The van der Waals surface area contributed by atoms with Gasteiger partial charge in [0.05, 0.1) is 19.5 Å². The van der Waals surface area contributed by atoms with E-state index in [1.807, 2.05) is 25.1 Å². The molecule has 0 atom stereocenters. The van der Waals surface area contributed by atoms with E-state index in [0.717, 1.165) is 17.0 Å². The first-order valence-corrected chi connectivity index (χ1v) is 5.57. The second-order valence-corrected chi connectivity index (χ2v) is 3.90. The molecule has 0 radical (unpaired) electrons. The highest BCUT2D eigenvalue weighted by atomic mass is 16.5. The number of carboxylic acid groups (broad SMARTS) is 1. The molecule has 6 nitrogen and oxygen atoms in total. The number of rotatable bonds is 4. The van der Waals surface area contributed by atoms with E-state index in [4.69, 9.17) is 9.84 Å². The Morgan fingerprint density at radius 2 is 2.11 bits per heavy atom. The molecule has 0 aliphatic carbocycles. The zero-order valence-electron chi connectivity index (χ0n) is 10.5. The summed E-state index contributed by atoms with van der Waals surface area (Å²) in [6.07, 6.45) is 2.59. The number of carboxylic acids is 1. The molecule has 1 aromatic heterocycles. The fourth-order valence-corrected chi connectivity index (χ4v) is 1.61. The molecule has 19 heavy (non-hydrogen) atoms. The molecular weight excluding hydrogens is 246 g/mol. The van der Waals surface area contributed by atoms with Gasteiger partial charge in [-0.2, -0.15) is 0 Å². The molecule has 2 N–H and O–H groups in total. The fourth-order valence-electron chi connectivity index (χ4n) is 1.61. The minimum atomic E-state index is -1.10. The summed E-state index contributed by atoms with van der Waals surface area (Å²) in [6.45, 7) is 1.93. The normalized spacial score (nSPS) is 10.0. The predicted molar refractivity (Wildman–Crippen MR) is 70.0 cm³/mol. The van der Waals surface area contributed by atoms with Crippen molar-refractivity contribution in [3.05, 3.63) is 41.9 Å². The van der Waals surface area contributed by atoms with E-state index in [2.05, 4.69) is 15.3 Å². The van der Waals surface area contributed by atoms with Crippen LogP contribution in [-0.4, -0.2) is 28.2 Å². The number of anilines is 2. The van der Waals surface area contributed by atoms with Gasteiger partial charge in [0.15, 0.2) is 5.69 Å². The molecule has 98 valence electrons. The first-order chi connectivity index (χ1) is 9.10. The first kappa shape index (κ1) is 12.8. The fraction of sp³-hybridized carbons (Fsp3) is 0.154. The average Bonchev–Trinajstić information content (AvgIpc) is 2.39. The maximum Gasteiger partial charge on any atom is 0.356 e. The van der Waals surface area contributed by atoms with Gasteiger partial charge in [0.25, 0.3) is 0 Å². The average molecular weight is 259 g/mol. The third-order valence-electron chi connectivity index (χ3n) is 2.54. The first-order valence-electron chi connectivity index (χ1n) is 5.57. The molecule has 0 aliphatic heterocycles. The Kier molecular flexibility index (Phi) is 3.61. The smallest absolute Gasteiger partial charge is 0.356 e. The Morgan fingerprint density at radius 1 is 1.32 bits per heavy atom. The van der Waals surface area contributed by atoms with Gasteiger partial charge in [0.2, 0.25) is 0 Å². The molecule has 0 aliphatic rings. The van der Waals surface area contributed by atoms with Gasteiger partial charge in [0, 0.05) is 5.69 Å². The Balaban J connectivity index is 2.16. The highest BCUT2D eigenvalue weighted by molar-refractivity contribution is 5.85. The van der Waals surface area contributed by atoms with Crippen LogP contribution in [0.4, 0.5) is 11.5 Å². The van der Waals surface area contributed by atoms with Crippen molar-refractivity contribution in [1.29, 1.82) is 0 Å². The number of carbonyl (C=O) groups is 1. The third kappa shape index (κ3) is 2.98. The van der Waals surface area contributed by atoms with Gasteiger partial charge >= 0.3 is 5.97 Å². The van der Waals surface area contributed by atoms with Gasteiger partial charge in [0.1, 0.15) is 11.6 Å². The molecule has 2 rings (SSSR count). The van der Waals surface area contributed by atoms with Crippen LogP contribution in [0.15, 0.2) is 30.6 Å². The lowest BCUT2D eigenvalue weighted by Gasteiger charge is -2.09. The van der Waals surface area contributed by atoms with Gasteiger partial charge in [-0.3, -0.25) is 0 Å². The lowest BCUT2D eigenvalue weighted by molar-refractivity contribution is 0.0690. The molecule has 0 saturated heterocycles. The number of nitrogens with zero attached hydrogens (tertiary/aromatic N) is 2. The van der Waals surface area contributed by atoms with Crippen LogP contribution in [0.3, 0.4) is 0 Å².